The molecular weight excluding hydrogens is 803 g/mol. The van der Waals surface area contributed by atoms with E-state index in [-0.39, 0.29) is 35.5 Å². The van der Waals surface area contributed by atoms with Crippen molar-refractivity contribution < 1.29 is 69.6 Å². The lowest BCUT2D eigenvalue weighted by Crippen LogP contribution is -2.64. The number of nitrogens with one attached hydrogen (secondary N) is 1. The highest BCUT2D eigenvalue weighted by Gasteiger charge is 2.68. The van der Waals surface area contributed by atoms with E-state index < -0.39 is 105 Å². The van der Waals surface area contributed by atoms with Gasteiger partial charge in [0.05, 0.1) is 42.7 Å². The zero-order valence-corrected chi connectivity index (χ0v) is 37.3. The fourth-order valence-electron chi connectivity index (χ4n) is 15.2. The van der Waals surface area contributed by atoms with Crippen LogP contribution in [0.25, 0.3) is 0 Å². The van der Waals surface area contributed by atoms with Crippen LogP contribution in [-0.2, 0) is 23.7 Å². The minimum atomic E-state index is -1.66. The molecule has 62 heavy (non-hydrogen) atoms. The van der Waals surface area contributed by atoms with E-state index in [2.05, 4.69) is 39.1 Å². The lowest BCUT2D eigenvalue weighted by atomic mass is 9.47. The van der Waals surface area contributed by atoms with Gasteiger partial charge in [-0.15, -0.1) is 0 Å². The lowest BCUT2D eigenvalue weighted by molar-refractivity contribution is -0.338. The summed E-state index contributed by atoms with van der Waals surface area (Å²) in [5, 5.41) is 101. The van der Waals surface area contributed by atoms with Crippen LogP contribution in [0.2, 0.25) is 0 Å². The summed E-state index contributed by atoms with van der Waals surface area (Å²) >= 11 is 0. The average molecular weight is 880 g/mol. The van der Waals surface area contributed by atoms with Crippen molar-refractivity contribution in [3.63, 3.8) is 0 Å². The highest BCUT2D eigenvalue weighted by Crippen LogP contribution is 2.70. The molecule has 15 nitrogen and oxygen atoms in total. The van der Waals surface area contributed by atoms with Gasteiger partial charge in [-0.1, -0.05) is 39.3 Å². The van der Waals surface area contributed by atoms with Crippen LogP contribution < -0.4 is 5.32 Å². The van der Waals surface area contributed by atoms with E-state index in [9.17, 15) is 46.0 Å². The fraction of sp³-hybridized carbons (Fsp3) is 0.957. The summed E-state index contributed by atoms with van der Waals surface area (Å²) in [5.74, 6) is 1.93. The zero-order valence-electron chi connectivity index (χ0n) is 37.3. The molecule has 0 aromatic carbocycles. The topological polar surface area (TPSA) is 240 Å². The van der Waals surface area contributed by atoms with Crippen molar-refractivity contribution in [3.8, 4) is 0 Å². The SMILES string of the molecule is CC1OC(OC2C(OC3CCC4(C)C(=CCC5C4CCC4(C)C5CC5OC6(CC[C@@H](C)CN6)[C@@H](C)C54)C3)CC(CO)C(O)C2OC2CC(CO)C(O)C(O)C2O)C(O)C(O)C1O. The van der Waals surface area contributed by atoms with Gasteiger partial charge in [-0.25, -0.2) is 0 Å². The number of hydrogen-bond acceptors (Lipinski definition) is 15. The molecule has 0 bridgehead atoms. The zero-order chi connectivity index (χ0) is 44.2. The van der Waals surface area contributed by atoms with Crippen molar-refractivity contribution in [1.82, 2.24) is 5.32 Å². The summed E-state index contributed by atoms with van der Waals surface area (Å²) in [7, 11) is 0. The van der Waals surface area contributed by atoms with Gasteiger partial charge >= 0.3 is 0 Å². The Morgan fingerprint density at radius 1 is 0.710 bits per heavy atom. The summed E-state index contributed by atoms with van der Waals surface area (Å²) in [6.45, 7) is 11.5. The fourth-order valence-corrected chi connectivity index (χ4v) is 15.2. The molecule has 26 atom stereocenters. The molecule has 10 N–H and O–H groups in total. The van der Waals surface area contributed by atoms with E-state index in [1.165, 1.54) is 24.8 Å². The van der Waals surface area contributed by atoms with Crippen molar-refractivity contribution in [2.45, 2.75) is 203 Å². The summed E-state index contributed by atoms with van der Waals surface area (Å²) < 4.78 is 32.9. The van der Waals surface area contributed by atoms with Gasteiger partial charge in [0.2, 0.25) is 0 Å². The average Bonchev–Trinajstić information content (AvgIpc) is 3.70. The first-order valence-electron chi connectivity index (χ1n) is 24.2. The number of piperidine rings is 1. The molecule has 0 amide bonds. The number of fused-ring (bicyclic) bond motifs is 7. The molecule has 354 valence electrons. The minimum Gasteiger partial charge on any atom is -0.396 e. The molecule has 1 spiro atoms. The van der Waals surface area contributed by atoms with Crippen molar-refractivity contribution in [1.29, 1.82) is 0 Å². The van der Waals surface area contributed by atoms with Gasteiger partial charge in [-0.3, -0.25) is 5.32 Å². The molecule has 9 aliphatic rings. The molecule has 24 unspecified atom stereocenters. The van der Waals surface area contributed by atoms with Crippen molar-refractivity contribution in [2.75, 3.05) is 19.8 Å². The largest absolute Gasteiger partial charge is 0.396 e. The molecule has 3 aliphatic heterocycles. The predicted octanol–water partition coefficient (Wildman–Crippen LogP) is 1.11. The highest BCUT2D eigenvalue weighted by molar-refractivity contribution is 5.27. The number of ether oxygens (including phenoxy) is 5. The van der Waals surface area contributed by atoms with Crippen LogP contribution in [0.3, 0.4) is 0 Å². The molecule has 6 aliphatic carbocycles. The summed E-state index contributed by atoms with van der Waals surface area (Å²) in [6.07, 6.45) is -5.46. The van der Waals surface area contributed by atoms with E-state index in [0.29, 0.717) is 48.0 Å². The van der Waals surface area contributed by atoms with Gasteiger partial charge in [0, 0.05) is 37.5 Å². The molecular formula is C47H77NO14. The normalized spacial score (nSPS) is 57.6. The van der Waals surface area contributed by atoms with Gasteiger partial charge in [0.1, 0.15) is 48.5 Å². The standard InChI is InChI=1S/C47H77NO14/c1-21-8-13-47(48-18-21)22(2)34-31(62-47)17-30-28-7-6-26-16-27(9-11-45(26,4)29(28)10-12-46(30,34)5)59-33-15-25(20-50)37(53)43(60-32-14-24(19-49)36(52)40(56)38(32)54)42(33)61-44-41(57)39(55)35(51)23(3)58-44/h6,21-25,27-44,48-57H,7-20H2,1-5H3/t21-,22+,23?,24?,25?,27?,28?,29?,30?,31?,32?,33?,34?,35?,36?,37?,38?,39?,40?,41?,42?,43?,44?,45?,46?,47?/m1/s1. The quantitative estimate of drug-likeness (QED) is 0.154. The van der Waals surface area contributed by atoms with Crippen molar-refractivity contribution >= 4 is 0 Å². The van der Waals surface area contributed by atoms with Gasteiger partial charge < -0.3 is 69.6 Å². The van der Waals surface area contributed by atoms with Gasteiger partial charge in [-0.2, -0.15) is 0 Å². The van der Waals surface area contributed by atoms with Crippen LogP contribution in [0.4, 0.5) is 0 Å². The van der Waals surface area contributed by atoms with Gasteiger partial charge in [0.25, 0.3) is 0 Å². The van der Waals surface area contributed by atoms with Crippen LogP contribution in [0, 0.1) is 58.2 Å². The van der Waals surface area contributed by atoms with E-state index in [0.717, 1.165) is 38.6 Å². The smallest absolute Gasteiger partial charge is 0.187 e. The van der Waals surface area contributed by atoms with Crippen molar-refractivity contribution in [3.05, 3.63) is 11.6 Å². The molecule has 0 aromatic rings. The molecule has 3 heterocycles. The Kier molecular flexibility index (Phi) is 12.9. The molecule has 8 fully saturated rings. The van der Waals surface area contributed by atoms with E-state index in [1.807, 2.05) is 0 Å². The molecule has 9 rings (SSSR count). The van der Waals surface area contributed by atoms with Crippen LogP contribution in [0.1, 0.15) is 105 Å². The Balaban J connectivity index is 0.940. The molecule has 15 heteroatoms. The highest BCUT2D eigenvalue weighted by atomic mass is 16.7. The third kappa shape index (κ3) is 7.51. The molecule has 3 saturated heterocycles. The third-order valence-corrected chi connectivity index (χ3v) is 19.0. The first-order chi connectivity index (χ1) is 29.4. The lowest BCUT2D eigenvalue weighted by Gasteiger charge is -2.59. The molecule has 5 saturated carbocycles. The second-order valence-electron chi connectivity index (χ2n) is 22.2. The Morgan fingerprint density at radius 2 is 1.42 bits per heavy atom. The van der Waals surface area contributed by atoms with E-state index in [4.69, 9.17) is 23.7 Å². The second-order valence-corrected chi connectivity index (χ2v) is 22.2. The first kappa shape index (κ1) is 46.3. The number of hydrogen-bond donors (Lipinski definition) is 10. The van der Waals surface area contributed by atoms with Crippen LogP contribution >= 0.6 is 0 Å². The predicted molar refractivity (Wildman–Crippen MR) is 223 cm³/mol. The maximum Gasteiger partial charge on any atom is 0.187 e. The van der Waals surface area contributed by atoms with Crippen LogP contribution in [0.5, 0.6) is 0 Å². The number of rotatable bonds is 8. The summed E-state index contributed by atoms with van der Waals surface area (Å²) in [4.78, 5) is 0. The Labute approximate surface area is 366 Å². The maximum atomic E-state index is 11.8. The summed E-state index contributed by atoms with van der Waals surface area (Å²) in [5.41, 5.74) is 1.49. The molecule has 0 radical (unpaired) electrons. The monoisotopic (exact) mass is 880 g/mol. The first-order valence-corrected chi connectivity index (χ1v) is 24.2. The van der Waals surface area contributed by atoms with Gasteiger partial charge in [0.15, 0.2) is 6.29 Å². The van der Waals surface area contributed by atoms with E-state index >= 15 is 0 Å². The number of allylic oxidation sites excluding steroid dienone is 1. The Hall–Kier alpha value is -0.860. The Bertz CT molecular complexity index is 1610. The van der Waals surface area contributed by atoms with Crippen LogP contribution in [-0.4, -0.2) is 163 Å². The Morgan fingerprint density at radius 3 is 2.13 bits per heavy atom. The van der Waals surface area contributed by atoms with Gasteiger partial charge in [-0.05, 0) is 118 Å². The maximum absolute atomic E-state index is 11.8. The number of aliphatic hydroxyl groups is 9. The second kappa shape index (κ2) is 17.3. The van der Waals surface area contributed by atoms with E-state index in [1.54, 1.807) is 6.92 Å². The summed E-state index contributed by atoms with van der Waals surface area (Å²) in [6, 6.07) is 0. The van der Waals surface area contributed by atoms with Crippen molar-refractivity contribution in [2.24, 2.45) is 58.2 Å². The minimum absolute atomic E-state index is 0.0213. The van der Waals surface area contributed by atoms with Crippen LogP contribution in [0.15, 0.2) is 11.6 Å². The third-order valence-electron chi connectivity index (χ3n) is 19.0. The number of aliphatic hydroxyl groups excluding tert-OH is 9. The molecule has 0 aromatic heterocycles.